The summed E-state index contributed by atoms with van der Waals surface area (Å²) < 4.78 is 0. The van der Waals surface area contributed by atoms with Crippen molar-refractivity contribution >= 4 is 0 Å². The average molecular weight is 348 g/mol. The van der Waals surface area contributed by atoms with Crippen molar-refractivity contribution in [2.24, 2.45) is 0 Å². The van der Waals surface area contributed by atoms with Gasteiger partial charge in [-0.1, -0.05) is 111 Å². The molecule has 1 heterocycles. The van der Waals surface area contributed by atoms with E-state index in [2.05, 4.69) is 45.1 Å². The van der Waals surface area contributed by atoms with Crippen LogP contribution in [0.3, 0.4) is 0 Å². The van der Waals surface area contributed by atoms with Crippen LogP contribution in [0, 0.1) is 0 Å². The number of aromatic amines is 1. The summed E-state index contributed by atoms with van der Waals surface area (Å²) in [5.41, 5.74) is 3.30. The van der Waals surface area contributed by atoms with Gasteiger partial charge in [0, 0.05) is 12.4 Å². The second-order valence-corrected chi connectivity index (χ2v) is 8.99. The SMILES string of the molecule is CCCCCCCCCCCCCCCCc1c[nH]cc1C(C)(C)C. The monoisotopic (exact) mass is 347 g/mol. The smallest absolute Gasteiger partial charge is 0.00455 e. The molecule has 0 spiro atoms. The number of nitrogens with one attached hydrogen (secondary N) is 1. The summed E-state index contributed by atoms with van der Waals surface area (Å²) in [5.74, 6) is 0. The van der Waals surface area contributed by atoms with Crippen LogP contribution in [0.2, 0.25) is 0 Å². The number of hydrogen-bond acceptors (Lipinski definition) is 0. The van der Waals surface area contributed by atoms with Crippen molar-refractivity contribution in [2.45, 2.75) is 129 Å². The number of unbranched alkanes of at least 4 members (excludes halogenated alkanes) is 13. The van der Waals surface area contributed by atoms with Gasteiger partial charge in [-0.05, 0) is 29.4 Å². The minimum absolute atomic E-state index is 0.269. The molecule has 0 aliphatic rings. The highest BCUT2D eigenvalue weighted by Crippen LogP contribution is 2.26. The molecule has 0 saturated carbocycles. The van der Waals surface area contributed by atoms with Gasteiger partial charge in [0.15, 0.2) is 0 Å². The first-order valence-corrected chi connectivity index (χ1v) is 11.2. The molecule has 25 heavy (non-hydrogen) atoms. The molecule has 1 N–H and O–H groups in total. The molecule has 0 unspecified atom stereocenters. The molecule has 0 aromatic carbocycles. The molecule has 0 amide bonds. The summed E-state index contributed by atoms with van der Waals surface area (Å²) >= 11 is 0. The lowest BCUT2D eigenvalue weighted by Gasteiger charge is -2.19. The average Bonchev–Trinajstić information content (AvgIpc) is 3.04. The molecule has 0 atom stereocenters. The molecule has 0 saturated heterocycles. The van der Waals surface area contributed by atoms with Crippen molar-refractivity contribution < 1.29 is 0 Å². The molecular formula is C24H45N. The molecule has 146 valence electrons. The van der Waals surface area contributed by atoms with E-state index < -0.39 is 0 Å². The zero-order chi connectivity index (χ0) is 18.4. The van der Waals surface area contributed by atoms with Crippen LogP contribution in [-0.2, 0) is 11.8 Å². The van der Waals surface area contributed by atoms with E-state index in [1.54, 1.807) is 0 Å². The maximum absolute atomic E-state index is 3.30. The first-order valence-electron chi connectivity index (χ1n) is 11.2. The third-order valence-electron chi connectivity index (χ3n) is 5.44. The van der Waals surface area contributed by atoms with Crippen molar-refractivity contribution in [1.82, 2.24) is 4.98 Å². The Morgan fingerprint density at radius 1 is 0.640 bits per heavy atom. The van der Waals surface area contributed by atoms with Gasteiger partial charge in [-0.3, -0.25) is 0 Å². The second kappa shape index (κ2) is 13.5. The number of aryl methyl sites for hydroxylation is 1. The summed E-state index contributed by atoms with van der Waals surface area (Å²) in [4.78, 5) is 3.30. The fourth-order valence-corrected chi connectivity index (χ4v) is 3.81. The van der Waals surface area contributed by atoms with Gasteiger partial charge in [-0.25, -0.2) is 0 Å². The standard InChI is InChI=1S/C24H45N/c1-5-6-7-8-9-10-11-12-13-14-15-16-17-18-19-22-20-25-21-23(22)24(2,3)4/h20-21,25H,5-19H2,1-4H3. The lowest BCUT2D eigenvalue weighted by molar-refractivity contribution is 0.534. The predicted octanol–water partition coefficient (Wildman–Crippen LogP) is 8.34. The molecule has 1 aromatic rings. The van der Waals surface area contributed by atoms with Gasteiger partial charge >= 0.3 is 0 Å². The summed E-state index contributed by atoms with van der Waals surface area (Å²) in [6, 6.07) is 0. The highest BCUT2D eigenvalue weighted by Gasteiger charge is 2.17. The summed E-state index contributed by atoms with van der Waals surface area (Å²) in [6.07, 6.45) is 25.7. The van der Waals surface area contributed by atoms with Crippen molar-refractivity contribution in [3.8, 4) is 0 Å². The highest BCUT2D eigenvalue weighted by molar-refractivity contribution is 5.29. The Hall–Kier alpha value is -0.720. The Morgan fingerprint density at radius 3 is 1.52 bits per heavy atom. The van der Waals surface area contributed by atoms with Crippen molar-refractivity contribution in [3.05, 3.63) is 23.5 Å². The second-order valence-electron chi connectivity index (χ2n) is 8.99. The van der Waals surface area contributed by atoms with Crippen LogP contribution in [0.25, 0.3) is 0 Å². The van der Waals surface area contributed by atoms with Crippen LogP contribution in [0.15, 0.2) is 12.4 Å². The van der Waals surface area contributed by atoms with E-state index in [-0.39, 0.29) is 5.41 Å². The van der Waals surface area contributed by atoms with Gasteiger partial charge in [0.1, 0.15) is 0 Å². The summed E-state index contributed by atoms with van der Waals surface area (Å²) in [5, 5.41) is 0. The third kappa shape index (κ3) is 10.8. The molecule has 0 bridgehead atoms. The zero-order valence-electron chi connectivity index (χ0n) is 17.8. The van der Waals surface area contributed by atoms with E-state index in [1.807, 2.05) is 0 Å². The first-order chi connectivity index (χ1) is 12.1. The van der Waals surface area contributed by atoms with E-state index in [4.69, 9.17) is 0 Å². The van der Waals surface area contributed by atoms with E-state index in [9.17, 15) is 0 Å². The van der Waals surface area contributed by atoms with Crippen molar-refractivity contribution in [1.29, 1.82) is 0 Å². The Kier molecular flexibility index (Phi) is 12.0. The summed E-state index contributed by atoms with van der Waals surface area (Å²) in [7, 11) is 0. The lowest BCUT2D eigenvalue weighted by Crippen LogP contribution is -2.12. The van der Waals surface area contributed by atoms with Gasteiger partial charge < -0.3 is 4.98 Å². The van der Waals surface area contributed by atoms with Crippen LogP contribution >= 0.6 is 0 Å². The maximum Gasteiger partial charge on any atom is 0.00455 e. The topological polar surface area (TPSA) is 15.8 Å². The van der Waals surface area contributed by atoms with E-state index >= 15 is 0 Å². The minimum atomic E-state index is 0.269. The van der Waals surface area contributed by atoms with Crippen molar-refractivity contribution in [2.75, 3.05) is 0 Å². The van der Waals surface area contributed by atoms with Crippen molar-refractivity contribution in [3.63, 3.8) is 0 Å². The molecule has 1 rings (SSSR count). The fourth-order valence-electron chi connectivity index (χ4n) is 3.81. The fraction of sp³-hybridized carbons (Fsp3) is 0.833. The maximum atomic E-state index is 3.30. The molecule has 0 radical (unpaired) electrons. The van der Waals surface area contributed by atoms with E-state index in [1.165, 1.54) is 107 Å². The Bertz CT molecular complexity index is 410. The van der Waals surface area contributed by atoms with Crippen LogP contribution in [0.1, 0.15) is 129 Å². The van der Waals surface area contributed by atoms with Gasteiger partial charge in [-0.15, -0.1) is 0 Å². The van der Waals surface area contributed by atoms with Gasteiger partial charge in [0.25, 0.3) is 0 Å². The minimum Gasteiger partial charge on any atom is -0.367 e. The van der Waals surface area contributed by atoms with Gasteiger partial charge in [0.05, 0.1) is 0 Å². The van der Waals surface area contributed by atoms with E-state index in [0.29, 0.717) is 0 Å². The number of rotatable bonds is 15. The number of hydrogen-bond donors (Lipinski definition) is 1. The lowest BCUT2D eigenvalue weighted by atomic mass is 9.85. The Labute approximate surface area is 158 Å². The Morgan fingerprint density at radius 2 is 1.08 bits per heavy atom. The molecule has 0 aliphatic carbocycles. The molecule has 1 nitrogen and oxygen atoms in total. The predicted molar refractivity (Wildman–Crippen MR) is 114 cm³/mol. The summed E-state index contributed by atoms with van der Waals surface area (Å²) in [6.45, 7) is 9.23. The number of H-pyrrole nitrogens is 1. The van der Waals surface area contributed by atoms with E-state index in [0.717, 1.165) is 0 Å². The molecular weight excluding hydrogens is 302 g/mol. The largest absolute Gasteiger partial charge is 0.367 e. The molecule has 1 heteroatoms. The number of aromatic nitrogens is 1. The van der Waals surface area contributed by atoms with Crippen LogP contribution in [0.4, 0.5) is 0 Å². The molecule has 0 fully saturated rings. The molecule has 0 aliphatic heterocycles. The molecule has 1 aromatic heterocycles. The quantitative estimate of drug-likeness (QED) is 0.307. The first kappa shape index (κ1) is 22.3. The van der Waals surface area contributed by atoms with Crippen LogP contribution < -0.4 is 0 Å². The van der Waals surface area contributed by atoms with Crippen LogP contribution in [0.5, 0.6) is 0 Å². The normalized spacial score (nSPS) is 12.0. The third-order valence-corrected chi connectivity index (χ3v) is 5.44. The van der Waals surface area contributed by atoms with Crippen LogP contribution in [-0.4, -0.2) is 4.98 Å². The Balaban J connectivity index is 1.89. The zero-order valence-corrected chi connectivity index (χ0v) is 17.8. The van der Waals surface area contributed by atoms with Gasteiger partial charge in [0.2, 0.25) is 0 Å². The van der Waals surface area contributed by atoms with Gasteiger partial charge in [-0.2, -0.15) is 0 Å². The highest BCUT2D eigenvalue weighted by atomic mass is 14.6.